The van der Waals surface area contributed by atoms with Gasteiger partial charge in [0.25, 0.3) is 5.91 Å². The van der Waals surface area contributed by atoms with Gasteiger partial charge in [0.1, 0.15) is 29.3 Å². The molecule has 8 heteroatoms. The Morgan fingerprint density at radius 3 is 2.59 bits per heavy atom. The van der Waals surface area contributed by atoms with Crippen molar-refractivity contribution in [2.45, 2.75) is 39.7 Å². The van der Waals surface area contributed by atoms with E-state index in [2.05, 4.69) is 16.7 Å². The quantitative estimate of drug-likeness (QED) is 0.562. The minimum absolute atomic E-state index is 0.159. The van der Waals surface area contributed by atoms with Gasteiger partial charge in [-0.25, -0.2) is 4.39 Å². The molecule has 3 aromatic rings. The van der Waals surface area contributed by atoms with E-state index in [1.807, 2.05) is 23.1 Å². The summed E-state index contributed by atoms with van der Waals surface area (Å²) < 4.78 is 18.8. The summed E-state index contributed by atoms with van der Waals surface area (Å²) in [6, 6.07) is 12.5. The van der Waals surface area contributed by atoms with Crippen molar-refractivity contribution in [3.8, 4) is 6.07 Å². The molecule has 1 aliphatic heterocycles. The lowest BCUT2D eigenvalue weighted by molar-refractivity contribution is -0.117. The highest BCUT2D eigenvalue weighted by atomic mass is 19.1. The van der Waals surface area contributed by atoms with Crippen molar-refractivity contribution in [3.05, 3.63) is 76.3 Å². The monoisotopic (exact) mass is 460 g/mol. The number of hydrogen-bond acceptors (Lipinski definition) is 5. The molecule has 2 amide bonds. The number of nitrogens with one attached hydrogen (secondary N) is 2. The SMILES string of the molecule is Cc1oc(NC(=O)C(C)N2CCCc3c(NC(=O)c4ccc(F)cc4)cccc32)c(C#N)c1C. The smallest absolute Gasteiger partial charge is 0.255 e. The number of anilines is 3. The fourth-order valence-electron chi connectivity index (χ4n) is 4.18. The second-order valence-electron chi connectivity index (χ2n) is 8.33. The molecule has 174 valence electrons. The van der Waals surface area contributed by atoms with Gasteiger partial charge in [-0.15, -0.1) is 0 Å². The van der Waals surface area contributed by atoms with E-state index in [9.17, 15) is 19.2 Å². The normalized spacial score (nSPS) is 13.6. The van der Waals surface area contributed by atoms with Crippen LogP contribution in [0.25, 0.3) is 0 Å². The molecule has 1 unspecified atom stereocenters. The van der Waals surface area contributed by atoms with Gasteiger partial charge < -0.3 is 14.6 Å². The molecule has 1 atom stereocenters. The van der Waals surface area contributed by atoms with Crippen LogP contribution in [0.3, 0.4) is 0 Å². The van der Waals surface area contributed by atoms with E-state index < -0.39 is 11.9 Å². The third kappa shape index (κ3) is 4.37. The van der Waals surface area contributed by atoms with Gasteiger partial charge in [0.15, 0.2) is 0 Å². The molecule has 4 rings (SSSR count). The maximum Gasteiger partial charge on any atom is 0.255 e. The predicted molar refractivity (Wildman–Crippen MR) is 127 cm³/mol. The van der Waals surface area contributed by atoms with Crippen LogP contribution in [0.4, 0.5) is 21.6 Å². The first kappa shape index (κ1) is 23.1. The summed E-state index contributed by atoms with van der Waals surface area (Å²) in [5.74, 6) is -0.280. The standard InChI is InChI=1S/C26H25FN4O3/c1-15-17(3)34-26(21(15)14-28)30-24(32)16(2)31-13-5-6-20-22(7-4-8-23(20)31)29-25(33)18-9-11-19(27)12-10-18/h4,7-12,16H,5-6,13H2,1-3H3,(H,29,33)(H,30,32). The van der Waals surface area contributed by atoms with Crippen molar-refractivity contribution in [2.75, 3.05) is 22.1 Å². The number of nitrogens with zero attached hydrogens (tertiary/aromatic N) is 2. The van der Waals surface area contributed by atoms with Crippen LogP contribution in [0.2, 0.25) is 0 Å². The summed E-state index contributed by atoms with van der Waals surface area (Å²) in [6.07, 6.45) is 1.55. The van der Waals surface area contributed by atoms with Crippen LogP contribution in [0, 0.1) is 31.0 Å². The number of halogens is 1. The highest BCUT2D eigenvalue weighted by Gasteiger charge is 2.29. The average Bonchev–Trinajstić information content (AvgIpc) is 3.10. The second-order valence-corrected chi connectivity index (χ2v) is 8.33. The lowest BCUT2D eigenvalue weighted by atomic mass is 9.97. The zero-order valence-corrected chi connectivity index (χ0v) is 19.2. The van der Waals surface area contributed by atoms with E-state index in [1.165, 1.54) is 24.3 Å². The molecular weight excluding hydrogens is 435 g/mol. The zero-order chi connectivity index (χ0) is 24.4. The van der Waals surface area contributed by atoms with Crippen LogP contribution in [-0.4, -0.2) is 24.4 Å². The number of rotatable bonds is 5. The van der Waals surface area contributed by atoms with Crippen molar-refractivity contribution < 1.29 is 18.4 Å². The first-order valence-corrected chi connectivity index (χ1v) is 11.1. The van der Waals surface area contributed by atoms with Crippen molar-refractivity contribution in [2.24, 2.45) is 0 Å². The Kier molecular flexibility index (Phi) is 6.37. The van der Waals surface area contributed by atoms with E-state index in [0.717, 1.165) is 24.1 Å². The topological polar surface area (TPSA) is 98.4 Å². The molecule has 1 aliphatic rings. The molecule has 7 nitrogen and oxygen atoms in total. The van der Waals surface area contributed by atoms with Crippen LogP contribution in [-0.2, 0) is 11.2 Å². The number of carbonyl (C=O) groups is 2. The van der Waals surface area contributed by atoms with Gasteiger partial charge in [-0.3, -0.25) is 14.9 Å². The number of fused-ring (bicyclic) bond motifs is 1. The lowest BCUT2D eigenvalue weighted by Gasteiger charge is -2.36. The average molecular weight is 461 g/mol. The maximum absolute atomic E-state index is 13.2. The Bertz CT molecular complexity index is 1290. The molecule has 2 heterocycles. The summed E-state index contributed by atoms with van der Waals surface area (Å²) in [5.41, 5.74) is 3.84. The Hall–Kier alpha value is -4.12. The van der Waals surface area contributed by atoms with E-state index in [-0.39, 0.29) is 17.7 Å². The Morgan fingerprint density at radius 1 is 1.15 bits per heavy atom. The van der Waals surface area contributed by atoms with E-state index in [1.54, 1.807) is 20.8 Å². The Balaban J connectivity index is 1.55. The van der Waals surface area contributed by atoms with Gasteiger partial charge in [-0.1, -0.05) is 6.07 Å². The molecule has 0 aliphatic carbocycles. The molecule has 2 N–H and O–H groups in total. The van der Waals surface area contributed by atoms with Gasteiger partial charge in [0.2, 0.25) is 11.8 Å². The zero-order valence-electron chi connectivity index (χ0n) is 19.2. The maximum atomic E-state index is 13.2. The van der Waals surface area contributed by atoms with Crippen molar-refractivity contribution >= 4 is 29.1 Å². The van der Waals surface area contributed by atoms with E-state index in [4.69, 9.17) is 4.42 Å². The number of aryl methyl sites for hydroxylation is 1. The van der Waals surface area contributed by atoms with Gasteiger partial charge in [-0.05, 0) is 75.6 Å². The van der Waals surface area contributed by atoms with Crippen LogP contribution in [0.1, 0.15) is 46.2 Å². The molecular formula is C26H25FN4O3. The molecule has 0 saturated carbocycles. The van der Waals surface area contributed by atoms with Crippen LogP contribution < -0.4 is 15.5 Å². The Morgan fingerprint density at radius 2 is 1.88 bits per heavy atom. The lowest BCUT2D eigenvalue weighted by Crippen LogP contribution is -2.44. The predicted octanol–water partition coefficient (Wildman–Crippen LogP) is 4.94. The van der Waals surface area contributed by atoms with Gasteiger partial charge in [-0.2, -0.15) is 5.26 Å². The number of nitriles is 1. The van der Waals surface area contributed by atoms with E-state index >= 15 is 0 Å². The number of amides is 2. The third-order valence-electron chi connectivity index (χ3n) is 6.22. The van der Waals surface area contributed by atoms with Crippen LogP contribution in [0.15, 0.2) is 46.9 Å². The minimum atomic E-state index is -0.542. The van der Waals surface area contributed by atoms with Crippen molar-refractivity contribution in [1.29, 1.82) is 5.26 Å². The number of hydrogen-bond donors (Lipinski definition) is 2. The van der Waals surface area contributed by atoms with Gasteiger partial charge in [0.05, 0.1) is 0 Å². The molecule has 0 radical (unpaired) electrons. The number of furan rings is 1. The Labute approximate surface area is 197 Å². The molecule has 34 heavy (non-hydrogen) atoms. The third-order valence-corrected chi connectivity index (χ3v) is 6.22. The summed E-state index contributed by atoms with van der Waals surface area (Å²) >= 11 is 0. The number of benzene rings is 2. The largest absolute Gasteiger partial charge is 0.444 e. The molecule has 0 spiro atoms. The van der Waals surface area contributed by atoms with E-state index in [0.29, 0.717) is 34.7 Å². The van der Waals surface area contributed by atoms with Gasteiger partial charge >= 0.3 is 0 Å². The van der Waals surface area contributed by atoms with Crippen molar-refractivity contribution in [1.82, 2.24) is 0 Å². The molecule has 0 saturated heterocycles. The first-order valence-electron chi connectivity index (χ1n) is 11.1. The molecule has 0 bridgehead atoms. The molecule has 1 aromatic heterocycles. The summed E-state index contributed by atoms with van der Waals surface area (Å²) in [5, 5.41) is 15.1. The van der Waals surface area contributed by atoms with Gasteiger partial charge in [0, 0.05) is 29.0 Å². The van der Waals surface area contributed by atoms with Crippen LogP contribution >= 0.6 is 0 Å². The fraction of sp³-hybridized carbons (Fsp3) is 0.269. The van der Waals surface area contributed by atoms with Crippen LogP contribution in [0.5, 0.6) is 0 Å². The molecule has 2 aromatic carbocycles. The first-order chi connectivity index (χ1) is 16.3. The summed E-state index contributed by atoms with van der Waals surface area (Å²) in [4.78, 5) is 27.7. The molecule has 0 fully saturated rings. The fourth-order valence-corrected chi connectivity index (χ4v) is 4.18. The summed E-state index contributed by atoms with van der Waals surface area (Å²) in [7, 11) is 0. The minimum Gasteiger partial charge on any atom is -0.444 e. The van der Waals surface area contributed by atoms with Crippen molar-refractivity contribution in [3.63, 3.8) is 0 Å². The summed E-state index contributed by atoms with van der Waals surface area (Å²) in [6.45, 7) is 5.98. The highest BCUT2D eigenvalue weighted by molar-refractivity contribution is 6.05. The second kappa shape index (κ2) is 9.40. The highest BCUT2D eigenvalue weighted by Crippen LogP contribution is 2.35. The number of carbonyl (C=O) groups excluding carboxylic acids is 2.